The largest absolute Gasteiger partial charge is 0.353 e. The summed E-state index contributed by atoms with van der Waals surface area (Å²) in [6.07, 6.45) is 1.83. The van der Waals surface area contributed by atoms with Crippen LogP contribution in [0, 0.1) is 0 Å². The van der Waals surface area contributed by atoms with Crippen LogP contribution in [0.15, 0.2) is 59.8 Å². The molecule has 0 bridgehead atoms. The number of nitrogens with zero attached hydrogens (tertiary/aromatic N) is 4. The molecular weight excluding hydrogens is 382 g/mol. The third-order valence-corrected chi connectivity index (χ3v) is 5.13. The first kappa shape index (κ1) is 19.4. The quantitative estimate of drug-likeness (QED) is 0.584. The van der Waals surface area contributed by atoms with E-state index in [0.29, 0.717) is 10.2 Å². The summed E-state index contributed by atoms with van der Waals surface area (Å²) in [6, 6.07) is 17.6. The molecule has 0 aliphatic carbocycles. The molecule has 0 fully saturated rings. The molecule has 1 amide bonds. The van der Waals surface area contributed by atoms with Gasteiger partial charge in [0.25, 0.3) is 0 Å². The lowest BCUT2D eigenvalue weighted by molar-refractivity contribution is -0.119. The number of benzene rings is 2. The van der Waals surface area contributed by atoms with Crippen molar-refractivity contribution in [3.8, 4) is 5.69 Å². The predicted octanol–water partition coefficient (Wildman–Crippen LogP) is 3.55. The normalized spacial score (nSPS) is 11.9. The van der Waals surface area contributed by atoms with Crippen LogP contribution in [0.3, 0.4) is 0 Å². The SMILES string of the molecule is C[C@H](CCc1ccccc1)NC(=O)CSc1nnnn1-c1ccc(Cl)cc1. The van der Waals surface area contributed by atoms with Gasteiger partial charge in [-0.1, -0.05) is 53.7 Å². The Kier molecular flexibility index (Phi) is 6.84. The van der Waals surface area contributed by atoms with Crippen LogP contribution >= 0.6 is 23.4 Å². The highest BCUT2D eigenvalue weighted by atomic mass is 35.5. The average molecular weight is 402 g/mol. The molecule has 0 spiro atoms. The topological polar surface area (TPSA) is 72.7 Å². The van der Waals surface area contributed by atoms with Crippen LogP contribution in [0.2, 0.25) is 5.02 Å². The molecule has 0 saturated carbocycles. The van der Waals surface area contributed by atoms with Crippen molar-refractivity contribution >= 4 is 29.3 Å². The zero-order valence-electron chi connectivity index (χ0n) is 14.9. The molecule has 1 aromatic heterocycles. The van der Waals surface area contributed by atoms with Crippen molar-refractivity contribution in [1.29, 1.82) is 0 Å². The number of amides is 1. The van der Waals surface area contributed by atoms with Crippen molar-refractivity contribution < 1.29 is 4.79 Å². The second-order valence-electron chi connectivity index (χ2n) is 6.13. The van der Waals surface area contributed by atoms with E-state index in [4.69, 9.17) is 11.6 Å². The van der Waals surface area contributed by atoms with E-state index in [1.54, 1.807) is 16.8 Å². The van der Waals surface area contributed by atoms with Gasteiger partial charge < -0.3 is 5.32 Å². The lowest BCUT2D eigenvalue weighted by Gasteiger charge is -2.13. The van der Waals surface area contributed by atoms with E-state index < -0.39 is 0 Å². The van der Waals surface area contributed by atoms with E-state index in [1.165, 1.54) is 17.3 Å². The minimum Gasteiger partial charge on any atom is -0.353 e. The van der Waals surface area contributed by atoms with Gasteiger partial charge in [0.05, 0.1) is 11.4 Å². The summed E-state index contributed by atoms with van der Waals surface area (Å²) < 4.78 is 1.59. The maximum absolute atomic E-state index is 12.2. The molecule has 2 aromatic carbocycles. The summed E-state index contributed by atoms with van der Waals surface area (Å²) in [6.45, 7) is 2.02. The lowest BCUT2D eigenvalue weighted by Crippen LogP contribution is -2.34. The second kappa shape index (κ2) is 9.53. The molecule has 27 heavy (non-hydrogen) atoms. The van der Waals surface area contributed by atoms with Crippen LogP contribution in [-0.2, 0) is 11.2 Å². The fourth-order valence-electron chi connectivity index (χ4n) is 2.56. The molecule has 1 heterocycles. The summed E-state index contributed by atoms with van der Waals surface area (Å²) in [7, 11) is 0. The number of rotatable bonds is 8. The first-order valence-electron chi connectivity index (χ1n) is 8.62. The van der Waals surface area contributed by atoms with Crippen LogP contribution < -0.4 is 5.32 Å². The molecule has 6 nitrogen and oxygen atoms in total. The molecule has 0 saturated heterocycles. The van der Waals surface area contributed by atoms with Crippen LogP contribution in [-0.4, -0.2) is 37.9 Å². The standard InChI is InChI=1S/C19H20ClN5OS/c1-14(7-8-15-5-3-2-4-6-15)21-18(26)13-27-19-22-23-24-25(19)17-11-9-16(20)10-12-17/h2-6,9-12,14H,7-8,13H2,1H3,(H,21,26)/t14-/m1/s1. The Morgan fingerprint density at radius 2 is 1.93 bits per heavy atom. The zero-order valence-corrected chi connectivity index (χ0v) is 16.5. The first-order chi connectivity index (χ1) is 13.1. The number of nitrogens with one attached hydrogen (secondary N) is 1. The summed E-state index contributed by atoms with van der Waals surface area (Å²) in [5.74, 6) is 0.218. The molecular formula is C19H20ClN5OS. The maximum atomic E-state index is 12.2. The molecule has 0 radical (unpaired) electrons. The maximum Gasteiger partial charge on any atom is 0.230 e. The van der Waals surface area contributed by atoms with E-state index >= 15 is 0 Å². The van der Waals surface area contributed by atoms with Gasteiger partial charge in [-0.2, -0.15) is 4.68 Å². The highest BCUT2D eigenvalue weighted by Gasteiger charge is 2.13. The van der Waals surface area contributed by atoms with Crippen molar-refractivity contribution in [2.45, 2.75) is 31.0 Å². The first-order valence-corrected chi connectivity index (χ1v) is 9.98. The second-order valence-corrected chi connectivity index (χ2v) is 7.51. The van der Waals surface area contributed by atoms with E-state index in [2.05, 4.69) is 33.0 Å². The third-order valence-electron chi connectivity index (χ3n) is 3.96. The van der Waals surface area contributed by atoms with Gasteiger partial charge in [0, 0.05) is 11.1 Å². The van der Waals surface area contributed by atoms with E-state index in [9.17, 15) is 4.79 Å². The number of hydrogen-bond acceptors (Lipinski definition) is 5. The van der Waals surface area contributed by atoms with Crippen LogP contribution in [0.5, 0.6) is 0 Å². The minimum atomic E-state index is -0.0359. The molecule has 3 aromatic rings. The molecule has 3 rings (SSSR count). The number of aromatic nitrogens is 4. The Labute approximate surface area is 167 Å². The zero-order chi connectivity index (χ0) is 19.1. The molecule has 1 N–H and O–H groups in total. The summed E-state index contributed by atoms with van der Waals surface area (Å²) >= 11 is 7.21. The van der Waals surface area contributed by atoms with E-state index in [0.717, 1.165) is 18.5 Å². The van der Waals surface area contributed by atoms with Crippen molar-refractivity contribution in [2.24, 2.45) is 0 Å². The van der Waals surface area contributed by atoms with Gasteiger partial charge >= 0.3 is 0 Å². The smallest absolute Gasteiger partial charge is 0.230 e. The van der Waals surface area contributed by atoms with Crippen LogP contribution in [0.1, 0.15) is 18.9 Å². The number of hydrogen-bond donors (Lipinski definition) is 1. The monoisotopic (exact) mass is 401 g/mol. The molecule has 140 valence electrons. The van der Waals surface area contributed by atoms with Gasteiger partial charge in [0.2, 0.25) is 11.1 Å². The Hall–Kier alpha value is -2.38. The Bertz CT molecular complexity index is 869. The number of thioether (sulfide) groups is 1. The van der Waals surface area contributed by atoms with Crippen LogP contribution in [0.25, 0.3) is 5.69 Å². The number of carbonyl (C=O) groups is 1. The highest BCUT2D eigenvalue weighted by molar-refractivity contribution is 7.99. The fourth-order valence-corrected chi connectivity index (χ4v) is 3.39. The van der Waals surface area contributed by atoms with E-state index in [1.807, 2.05) is 37.3 Å². The van der Waals surface area contributed by atoms with Gasteiger partial charge in [-0.25, -0.2) is 0 Å². The molecule has 0 aliphatic heterocycles. The number of halogens is 1. The van der Waals surface area contributed by atoms with Crippen molar-refractivity contribution in [1.82, 2.24) is 25.5 Å². The Morgan fingerprint density at radius 3 is 2.67 bits per heavy atom. The number of carbonyl (C=O) groups excluding carboxylic acids is 1. The van der Waals surface area contributed by atoms with Crippen molar-refractivity contribution in [3.63, 3.8) is 0 Å². The van der Waals surface area contributed by atoms with Gasteiger partial charge in [0.15, 0.2) is 0 Å². The highest BCUT2D eigenvalue weighted by Crippen LogP contribution is 2.19. The lowest BCUT2D eigenvalue weighted by atomic mass is 10.1. The molecule has 0 unspecified atom stereocenters. The van der Waals surface area contributed by atoms with Crippen LogP contribution in [0.4, 0.5) is 0 Å². The van der Waals surface area contributed by atoms with Gasteiger partial charge in [-0.15, -0.1) is 5.10 Å². The van der Waals surface area contributed by atoms with Gasteiger partial charge in [-0.05, 0) is 60.0 Å². The van der Waals surface area contributed by atoms with Crippen molar-refractivity contribution in [3.05, 3.63) is 65.2 Å². The fraction of sp³-hybridized carbons (Fsp3) is 0.263. The molecule has 1 atom stereocenters. The molecule has 8 heteroatoms. The summed E-state index contributed by atoms with van der Waals surface area (Å²) in [4.78, 5) is 12.2. The Balaban J connectivity index is 1.48. The average Bonchev–Trinajstić information content (AvgIpc) is 3.15. The number of tetrazole rings is 1. The minimum absolute atomic E-state index is 0.0359. The van der Waals surface area contributed by atoms with Gasteiger partial charge in [0.1, 0.15) is 0 Å². The van der Waals surface area contributed by atoms with Gasteiger partial charge in [-0.3, -0.25) is 4.79 Å². The summed E-state index contributed by atoms with van der Waals surface area (Å²) in [5.41, 5.74) is 2.07. The third kappa shape index (κ3) is 5.80. The van der Waals surface area contributed by atoms with Crippen molar-refractivity contribution in [2.75, 3.05) is 5.75 Å². The molecule has 0 aliphatic rings. The Morgan fingerprint density at radius 1 is 1.19 bits per heavy atom. The predicted molar refractivity (Wildman–Crippen MR) is 107 cm³/mol. The number of aryl methyl sites for hydroxylation is 1. The summed E-state index contributed by atoms with van der Waals surface area (Å²) in [5, 5.41) is 15.9. The van der Waals surface area contributed by atoms with E-state index in [-0.39, 0.29) is 17.7 Å².